The molecule has 1 amide bonds. The highest BCUT2D eigenvalue weighted by Gasteiger charge is 2.41. The summed E-state index contributed by atoms with van der Waals surface area (Å²) in [5, 5.41) is 18.2. The highest BCUT2D eigenvalue weighted by molar-refractivity contribution is 6.42. The van der Waals surface area contributed by atoms with Crippen LogP contribution < -0.4 is 15.6 Å². The Morgan fingerprint density at radius 3 is 2.93 bits per heavy atom. The summed E-state index contributed by atoms with van der Waals surface area (Å²) in [5.41, 5.74) is 1.70. The number of nitrogens with zero attached hydrogens (tertiary/aromatic N) is 4. The fraction of sp³-hybridized carbons (Fsp3) is 0.118. The number of aromatic amines is 1. The van der Waals surface area contributed by atoms with Crippen molar-refractivity contribution in [1.29, 1.82) is 0 Å². The molecule has 136 valence electrons. The van der Waals surface area contributed by atoms with Gasteiger partial charge in [-0.25, -0.2) is 9.67 Å². The van der Waals surface area contributed by atoms with Crippen molar-refractivity contribution in [3.8, 4) is 0 Å². The summed E-state index contributed by atoms with van der Waals surface area (Å²) < 4.78 is 1.51. The number of fused-ring (bicyclic) bond motifs is 1. The van der Waals surface area contributed by atoms with Crippen LogP contribution in [-0.4, -0.2) is 26.1 Å². The molecule has 3 aromatic rings. The van der Waals surface area contributed by atoms with E-state index in [4.69, 9.17) is 23.2 Å². The van der Waals surface area contributed by atoms with Crippen molar-refractivity contribution < 1.29 is 9.78 Å². The second kappa shape index (κ2) is 6.98. The largest absolute Gasteiger partial charge is 0.326 e. The van der Waals surface area contributed by atoms with Gasteiger partial charge in [-0.3, -0.25) is 4.79 Å². The van der Waals surface area contributed by atoms with E-state index in [1.54, 1.807) is 42.7 Å². The van der Waals surface area contributed by atoms with Crippen molar-refractivity contribution >= 4 is 40.7 Å². The lowest BCUT2D eigenvalue weighted by Crippen LogP contribution is -2.39. The molecule has 1 aliphatic rings. The van der Waals surface area contributed by atoms with E-state index in [1.165, 1.54) is 4.68 Å². The fourth-order valence-electron chi connectivity index (χ4n) is 3.07. The van der Waals surface area contributed by atoms with Gasteiger partial charge in [0.2, 0.25) is 11.9 Å². The van der Waals surface area contributed by atoms with Gasteiger partial charge in [-0.05, 0) is 28.1 Å². The zero-order valence-corrected chi connectivity index (χ0v) is 15.4. The van der Waals surface area contributed by atoms with Gasteiger partial charge in [-0.15, -0.1) is 0 Å². The Balaban J connectivity index is 1.79. The van der Waals surface area contributed by atoms with Crippen LogP contribution in [0.25, 0.3) is 0 Å². The van der Waals surface area contributed by atoms with Crippen molar-refractivity contribution in [2.45, 2.75) is 6.04 Å². The molecule has 3 N–H and O–H groups in total. The summed E-state index contributed by atoms with van der Waals surface area (Å²) in [4.78, 5) is 16.0. The smallest absolute Gasteiger partial charge is 0.247 e. The van der Waals surface area contributed by atoms with Gasteiger partial charge in [0.15, 0.2) is 12.4 Å². The van der Waals surface area contributed by atoms with Crippen molar-refractivity contribution in [3.63, 3.8) is 0 Å². The van der Waals surface area contributed by atoms with Crippen molar-refractivity contribution in [2.75, 3.05) is 10.6 Å². The number of carbonyl (C=O) groups is 1. The summed E-state index contributed by atoms with van der Waals surface area (Å²) >= 11 is 12.6. The van der Waals surface area contributed by atoms with Crippen LogP contribution in [0.1, 0.15) is 11.6 Å². The molecule has 0 saturated heterocycles. The van der Waals surface area contributed by atoms with Crippen LogP contribution in [0.3, 0.4) is 0 Å². The van der Waals surface area contributed by atoms with Crippen molar-refractivity contribution in [2.24, 2.45) is 5.92 Å². The molecule has 27 heavy (non-hydrogen) atoms. The van der Waals surface area contributed by atoms with Gasteiger partial charge in [0.25, 0.3) is 0 Å². The first-order valence-corrected chi connectivity index (χ1v) is 8.76. The molecule has 0 radical (unpaired) electrons. The van der Waals surface area contributed by atoms with E-state index >= 15 is 0 Å². The monoisotopic (exact) mass is 402 g/mol. The number of benzene rings is 1. The Hall–Kier alpha value is -2.97. The predicted octanol–water partition coefficient (Wildman–Crippen LogP) is 2.58. The molecule has 3 heterocycles. The van der Waals surface area contributed by atoms with E-state index in [0.717, 1.165) is 0 Å². The first kappa shape index (κ1) is 17.4. The minimum Gasteiger partial charge on any atom is -0.326 e. The van der Waals surface area contributed by atoms with E-state index < -0.39 is 12.0 Å². The van der Waals surface area contributed by atoms with Gasteiger partial charge in [0.05, 0.1) is 10.0 Å². The lowest BCUT2D eigenvalue weighted by Gasteiger charge is -2.33. The van der Waals surface area contributed by atoms with Crippen LogP contribution in [0.5, 0.6) is 0 Å². The molecule has 0 bridgehead atoms. The number of aromatic nitrogens is 5. The number of pyridine rings is 1. The van der Waals surface area contributed by atoms with E-state index in [1.807, 2.05) is 0 Å². The van der Waals surface area contributed by atoms with Crippen LogP contribution in [0.2, 0.25) is 10.0 Å². The Morgan fingerprint density at radius 2 is 2.15 bits per heavy atom. The van der Waals surface area contributed by atoms with Crippen LogP contribution in [0.15, 0.2) is 55.0 Å². The lowest BCUT2D eigenvalue weighted by atomic mass is 9.88. The number of H-pyrrole nitrogens is 1. The molecule has 4 rings (SSSR count). The lowest BCUT2D eigenvalue weighted by molar-refractivity contribution is -0.377. The maximum absolute atomic E-state index is 13.1. The molecule has 0 aliphatic carbocycles. The molecule has 2 atom stereocenters. The maximum atomic E-state index is 13.1. The molecule has 8 nitrogen and oxygen atoms in total. The Kier molecular flexibility index (Phi) is 4.51. The summed E-state index contributed by atoms with van der Waals surface area (Å²) in [7, 11) is 0. The van der Waals surface area contributed by atoms with E-state index in [-0.39, 0.29) is 5.91 Å². The molecule has 0 spiro atoms. The number of carbonyl (C=O) groups excluding carboxylic acids is 1. The average molecular weight is 403 g/mol. The molecular formula is C17H14Cl2N7O+. The minimum absolute atomic E-state index is 0.283. The predicted molar refractivity (Wildman–Crippen MR) is 100 cm³/mol. The number of hydrogen-bond acceptors (Lipinski definition) is 5. The molecule has 0 fully saturated rings. The first-order valence-electron chi connectivity index (χ1n) is 8.01. The van der Waals surface area contributed by atoms with Crippen LogP contribution in [0, 0.1) is 5.92 Å². The third kappa shape index (κ3) is 3.13. The van der Waals surface area contributed by atoms with Gasteiger partial charge >= 0.3 is 0 Å². The molecule has 10 heteroatoms. The number of nitrogens with one attached hydrogen (secondary N) is 3. The Morgan fingerprint density at radius 1 is 1.30 bits per heavy atom. The topological polar surface area (TPSA) is 98.9 Å². The summed E-state index contributed by atoms with van der Waals surface area (Å²) in [6.45, 7) is 4.00. The van der Waals surface area contributed by atoms with Crippen LogP contribution in [-0.2, 0) is 4.79 Å². The second-order valence-electron chi connectivity index (χ2n) is 5.94. The Bertz CT molecular complexity index is 1020. The SMILES string of the molecule is C=C1Nc2nnnn2C(c2cccc(Cl)c2Cl)C1C(=O)Nc1ccc[nH+]c1. The number of amides is 1. The third-order valence-electron chi connectivity index (χ3n) is 4.28. The summed E-state index contributed by atoms with van der Waals surface area (Å²) in [5.74, 6) is -0.635. The summed E-state index contributed by atoms with van der Waals surface area (Å²) in [6.07, 6.45) is 3.43. The number of halogens is 2. The quantitative estimate of drug-likeness (QED) is 0.701. The highest BCUT2D eigenvalue weighted by Crippen LogP contribution is 2.41. The molecule has 2 aromatic heterocycles. The number of tetrazole rings is 1. The minimum atomic E-state index is -0.725. The fourth-order valence-corrected chi connectivity index (χ4v) is 3.49. The van der Waals surface area contributed by atoms with E-state index in [0.29, 0.717) is 32.9 Å². The molecular weight excluding hydrogens is 389 g/mol. The van der Waals surface area contributed by atoms with Crippen LogP contribution in [0.4, 0.5) is 11.6 Å². The van der Waals surface area contributed by atoms with Crippen molar-refractivity contribution in [3.05, 3.63) is 70.6 Å². The third-order valence-corrected chi connectivity index (χ3v) is 5.11. The van der Waals surface area contributed by atoms with Crippen LogP contribution >= 0.6 is 23.2 Å². The van der Waals surface area contributed by atoms with Gasteiger partial charge in [0, 0.05) is 11.8 Å². The number of rotatable bonds is 3. The molecule has 1 aromatic carbocycles. The highest BCUT2D eigenvalue weighted by atomic mass is 35.5. The first-order chi connectivity index (χ1) is 13.1. The van der Waals surface area contributed by atoms with E-state index in [2.05, 4.69) is 37.7 Å². The number of hydrogen-bond donors (Lipinski definition) is 2. The number of anilines is 2. The van der Waals surface area contributed by atoms with Gasteiger partial charge in [-0.2, -0.15) is 0 Å². The summed E-state index contributed by atoms with van der Waals surface area (Å²) in [6, 6.07) is 8.19. The van der Waals surface area contributed by atoms with Gasteiger partial charge < -0.3 is 10.6 Å². The second-order valence-corrected chi connectivity index (χ2v) is 6.73. The molecule has 2 unspecified atom stereocenters. The standard InChI is InChI=1S/C17H13Cl2N7O/c1-9-13(16(27)22-10-4-3-7-20-8-10)15(26-17(21-9)23-24-25-26)11-5-2-6-12(18)14(11)19/h2-8,13,15H,1H2,(H,22,27)(H,21,23,25)/p+1. The van der Waals surface area contributed by atoms with Crippen molar-refractivity contribution in [1.82, 2.24) is 20.2 Å². The zero-order valence-electron chi connectivity index (χ0n) is 13.9. The molecule has 0 saturated carbocycles. The van der Waals surface area contributed by atoms with Gasteiger partial charge in [-0.1, -0.05) is 47.0 Å². The van der Waals surface area contributed by atoms with E-state index in [9.17, 15) is 4.79 Å². The Labute approximate surface area is 164 Å². The zero-order chi connectivity index (χ0) is 19.0. The normalized spacial score (nSPS) is 18.5. The molecule has 1 aliphatic heterocycles. The maximum Gasteiger partial charge on any atom is 0.247 e. The average Bonchev–Trinajstić information content (AvgIpc) is 3.12. The van der Waals surface area contributed by atoms with Gasteiger partial charge in [0.1, 0.15) is 17.6 Å².